The van der Waals surface area contributed by atoms with Gasteiger partial charge in [0.2, 0.25) is 5.91 Å². The van der Waals surface area contributed by atoms with Crippen LogP contribution in [-0.2, 0) is 11.2 Å². The van der Waals surface area contributed by atoms with Gasteiger partial charge in [-0.3, -0.25) is 4.79 Å². The lowest BCUT2D eigenvalue weighted by molar-refractivity contribution is -0.122. The summed E-state index contributed by atoms with van der Waals surface area (Å²) < 4.78 is 0. The van der Waals surface area contributed by atoms with E-state index in [4.69, 9.17) is 0 Å². The van der Waals surface area contributed by atoms with Gasteiger partial charge in [-0.25, -0.2) is 0 Å². The minimum absolute atomic E-state index is 0.0803. The Balaban J connectivity index is 2.35. The molecule has 3 heteroatoms. The van der Waals surface area contributed by atoms with Gasteiger partial charge < -0.3 is 10.6 Å². The van der Waals surface area contributed by atoms with Crippen LogP contribution in [0.4, 0.5) is 0 Å². The Labute approximate surface area is 110 Å². The van der Waals surface area contributed by atoms with Crippen molar-refractivity contribution in [1.29, 1.82) is 0 Å². The second kappa shape index (κ2) is 7.88. The summed E-state index contributed by atoms with van der Waals surface area (Å²) in [4.78, 5) is 11.7. The minimum atomic E-state index is -0.143. The SMILES string of the molecule is CCCNC(=O)C(C)NC(C)Cc1ccccc1. The molecule has 1 aromatic rings. The maximum atomic E-state index is 11.7. The number of amides is 1. The number of rotatable bonds is 7. The molecule has 1 aromatic carbocycles. The third-order valence-corrected chi connectivity index (χ3v) is 2.86. The standard InChI is InChI=1S/C15H24N2O/c1-4-10-16-15(18)13(3)17-12(2)11-14-8-6-5-7-9-14/h5-9,12-13,17H,4,10-11H2,1-3H3,(H,16,18). The maximum absolute atomic E-state index is 11.7. The summed E-state index contributed by atoms with van der Waals surface area (Å²) in [6, 6.07) is 10.5. The van der Waals surface area contributed by atoms with E-state index in [0.717, 1.165) is 19.4 Å². The molecule has 0 aliphatic heterocycles. The number of hydrogen-bond donors (Lipinski definition) is 2. The topological polar surface area (TPSA) is 41.1 Å². The lowest BCUT2D eigenvalue weighted by atomic mass is 10.1. The van der Waals surface area contributed by atoms with E-state index in [-0.39, 0.29) is 18.0 Å². The van der Waals surface area contributed by atoms with Crippen molar-refractivity contribution >= 4 is 5.91 Å². The molecule has 0 fully saturated rings. The fourth-order valence-corrected chi connectivity index (χ4v) is 1.93. The van der Waals surface area contributed by atoms with Gasteiger partial charge in [-0.15, -0.1) is 0 Å². The van der Waals surface area contributed by atoms with E-state index in [9.17, 15) is 4.79 Å². The first-order valence-corrected chi connectivity index (χ1v) is 6.71. The third kappa shape index (κ3) is 5.32. The van der Waals surface area contributed by atoms with Gasteiger partial charge >= 0.3 is 0 Å². The zero-order valence-corrected chi connectivity index (χ0v) is 11.6. The van der Waals surface area contributed by atoms with Crippen LogP contribution in [0.5, 0.6) is 0 Å². The van der Waals surface area contributed by atoms with Crippen molar-refractivity contribution in [2.45, 2.75) is 45.7 Å². The van der Waals surface area contributed by atoms with Gasteiger partial charge in [0.15, 0.2) is 0 Å². The van der Waals surface area contributed by atoms with E-state index in [2.05, 4.69) is 36.6 Å². The van der Waals surface area contributed by atoms with Crippen LogP contribution in [0.3, 0.4) is 0 Å². The number of carbonyl (C=O) groups excluding carboxylic acids is 1. The Kier molecular flexibility index (Phi) is 6.44. The monoisotopic (exact) mass is 248 g/mol. The first kappa shape index (κ1) is 14.7. The number of hydrogen-bond acceptors (Lipinski definition) is 2. The van der Waals surface area contributed by atoms with Gasteiger partial charge in [0.25, 0.3) is 0 Å². The molecule has 0 aromatic heterocycles. The van der Waals surface area contributed by atoms with Crippen molar-refractivity contribution < 1.29 is 4.79 Å². The van der Waals surface area contributed by atoms with E-state index in [0.29, 0.717) is 0 Å². The van der Waals surface area contributed by atoms with Crippen LogP contribution in [0.15, 0.2) is 30.3 Å². The molecule has 2 N–H and O–H groups in total. The van der Waals surface area contributed by atoms with Crippen molar-refractivity contribution in [2.24, 2.45) is 0 Å². The predicted molar refractivity (Wildman–Crippen MR) is 75.5 cm³/mol. The molecule has 0 aliphatic rings. The molecule has 100 valence electrons. The van der Waals surface area contributed by atoms with Gasteiger partial charge in [0.1, 0.15) is 0 Å². The van der Waals surface area contributed by atoms with Gasteiger partial charge in [0.05, 0.1) is 6.04 Å². The highest BCUT2D eigenvalue weighted by atomic mass is 16.2. The van der Waals surface area contributed by atoms with E-state index in [1.807, 2.05) is 25.1 Å². The second-order valence-corrected chi connectivity index (χ2v) is 4.77. The van der Waals surface area contributed by atoms with Crippen LogP contribution in [-0.4, -0.2) is 24.5 Å². The number of carbonyl (C=O) groups is 1. The molecule has 1 amide bonds. The smallest absolute Gasteiger partial charge is 0.236 e. The number of benzene rings is 1. The zero-order valence-electron chi connectivity index (χ0n) is 11.6. The molecule has 1 rings (SSSR count). The van der Waals surface area contributed by atoms with Gasteiger partial charge in [-0.2, -0.15) is 0 Å². The summed E-state index contributed by atoms with van der Waals surface area (Å²) in [5.74, 6) is 0.0803. The molecule has 0 saturated heterocycles. The second-order valence-electron chi connectivity index (χ2n) is 4.77. The third-order valence-electron chi connectivity index (χ3n) is 2.86. The molecule has 0 spiro atoms. The summed E-state index contributed by atoms with van der Waals surface area (Å²) in [5.41, 5.74) is 1.29. The van der Waals surface area contributed by atoms with Crippen molar-refractivity contribution in [2.75, 3.05) is 6.54 Å². The van der Waals surface area contributed by atoms with Crippen LogP contribution in [0.1, 0.15) is 32.8 Å². The maximum Gasteiger partial charge on any atom is 0.236 e. The highest BCUT2D eigenvalue weighted by Crippen LogP contribution is 2.03. The predicted octanol–water partition coefficient (Wildman–Crippen LogP) is 2.12. The van der Waals surface area contributed by atoms with E-state index < -0.39 is 0 Å². The van der Waals surface area contributed by atoms with E-state index >= 15 is 0 Å². The first-order chi connectivity index (χ1) is 8.63. The normalized spacial score (nSPS) is 13.9. The summed E-state index contributed by atoms with van der Waals surface area (Å²) in [7, 11) is 0. The molecule has 0 saturated carbocycles. The Hall–Kier alpha value is -1.35. The molecule has 2 unspecified atom stereocenters. The average molecular weight is 248 g/mol. The highest BCUT2D eigenvalue weighted by Gasteiger charge is 2.14. The lowest BCUT2D eigenvalue weighted by Crippen LogP contribution is -2.46. The fourth-order valence-electron chi connectivity index (χ4n) is 1.93. The summed E-state index contributed by atoms with van der Waals surface area (Å²) in [5, 5.41) is 6.22. The molecule has 0 radical (unpaired) electrons. The highest BCUT2D eigenvalue weighted by molar-refractivity contribution is 5.81. The van der Waals surface area contributed by atoms with Crippen molar-refractivity contribution in [3.63, 3.8) is 0 Å². The van der Waals surface area contributed by atoms with Crippen LogP contribution in [0.25, 0.3) is 0 Å². The van der Waals surface area contributed by atoms with Crippen molar-refractivity contribution in [3.8, 4) is 0 Å². The average Bonchev–Trinajstić information content (AvgIpc) is 2.36. The number of nitrogens with one attached hydrogen (secondary N) is 2. The molecule has 2 atom stereocenters. The molecule has 18 heavy (non-hydrogen) atoms. The molecular formula is C15H24N2O. The van der Waals surface area contributed by atoms with E-state index in [1.165, 1.54) is 5.56 Å². The van der Waals surface area contributed by atoms with Crippen LogP contribution in [0, 0.1) is 0 Å². The van der Waals surface area contributed by atoms with Crippen molar-refractivity contribution in [1.82, 2.24) is 10.6 Å². The quantitative estimate of drug-likeness (QED) is 0.776. The Bertz CT molecular complexity index is 351. The van der Waals surface area contributed by atoms with Crippen LogP contribution >= 0.6 is 0 Å². The van der Waals surface area contributed by atoms with Gasteiger partial charge in [-0.05, 0) is 32.3 Å². The Morgan fingerprint density at radius 1 is 1.22 bits per heavy atom. The summed E-state index contributed by atoms with van der Waals surface area (Å²) in [6.07, 6.45) is 1.91. The summed E-state index contributed by atoms with van der Waals surface area (Å²) >= 11 is 0. The largest absolute Gasteiger partial charge is 0.355 e. The fraction of sp³-hybridized carbons (Fsp3) is 0.533. The molecular weight excluding hydrogens is 224 g/mol. The first-order valence-electron chi connectivity index (χ1n) is 6.71. The van der Waals surface area contributed by atoms with Crippen molar-refractivity contribution in [3.05, 3.63) is 35.9 Å². The lowest BCUT2D eigenvalue weighted by Gasteiger charge is -2.19. The molecule has 0 heterocycles. The Morgan fingerprint density at radius 3 is 2.50 bits per heavy atom. The summed E-state index contributed by atoms with van der Waals surface area (Å²) in [6.45, 7) is 6.82. The van der Waals surface area contributed by atoms with E-state index in [1.54, 1.807) is 0 Å². The minimum Gasteiger partial charge on any atom is -0.355 e. The molecule has 0 aliphatic carbocycles. The van der Waals surface area contributed by atoms with Gasteiger partial charge in [0, 0.05) is 12.6 Å². The van der Waals surface area contributed by atoms with Crippen LogP contribution in [0.2, 0.25) is 0 Å². The molecule has 3 nitrogen and oxygen atoms in total. The van der Waals surface area contributed by atoms with Crippen LogP contribution < -0.4 is 10.6 Å². The molecule has 0 bridgehead atoms. The zero-order chi connectivity index (χ0) is 13.4. The Morgan fingerprint density at radius 2 is 1.89 bits per heavy atom. The van der Waals surface area contributed by atoms with Gasteiger partial charge in [-0.1, -0.05) is 37.3 Å².